The number of rotatable bonds is 11. The van der Waals surface area contributed by atoms with Gasteiger partial charge in [-0.05, 0) is 83.3 Å². The largest absolute Gasteiger partial charge is 0.507 e. The molecule has 4 aromatic carbocycles. The maximum atomic E-state index is 13.6. The van der Waals surface area contributed by atoms with Crippen LogP contribution in [0, 0.1) is 6.92 Å². The molecule has 1 N–H and O–H groups in total. The summed E-state index contributed by atoms with van der Waals surface area (Å²) in [5.74, 6) is -0.218. The van der Waals surface area contributed by atoms with Crippen LogP contribution in [0.5, 0.6) is 17.2 Å². The van der Waals surface area contributed by atoms with Gasteiger partial charge in [-0.2, -0.15) is 0 Å². The quantitative estimate of drug-likeness (QED) is 0.0942. The molecule has 8 nitrogen and oxygen atoms in total. The van der Waals surface area contributed by atoms with Crippen molar-refractivity contribution in [2.24, 2.45) is 0 Å². The number of aromatic nitrogens is 1. The first-order chi connectivity index (χ1) is 22.9. The van der Waals surface area contributed by atoms with Gasteiger partial charge in [-0.25, -0.2) is 0 Å². The molecule has 1 unspecified atom stereocenters. The number of aliphatic hydroxyl groups excluding tert-OH is 1. The molecule has 0 saturated carbocycles. The van der Waals surface area contributed by atoms with Gasteiger partial charge in [-0.15, -0.1) is 0 Å². The lowest BCUT2D eigenvalue weighted by atomic mass is 9.94. The van der Waals surface area contributed by atoms with E-state index in [1.807, 2.05) is 61.5 Å². The molecule has 2 heterocycles. The van der Waals surface area contributed by atoms with E-state index in [1.54, 1.807) is 67.0 Å². The molecule has 0 spiro atoms. The number of amides is 1. The van der Waals surface area contributed by atoms with Crippen molar-refractivity contribution in [2.45, 2.75) is 32.7 Å². The number of aliphatic hydroxyl groups is 1. The Morgan fingerprint density at radius 1 is 0.787 bits per heavy atom. The van der Waals surface area contributed by atoms with E-state index in [4.69, 9.17) is 14.2 Å². The van der Waals surface area contributed by atoms with Crippen molar-refractivity contribution in [3.63, 3.8) is 0 Å². The normalized spacial score (nSPS) is 15.4. The van der Waals surface area contributed by atoms with Crippen molar-refractivity contribution in [1.82, 2.24) is 9.88 Å². The Morgan fingerprint density at radius 2 is 1.51 bits per heavy atom. The van der Waals surface area contributed by atoms with Crippen molar-refractivity contribution in [3.05, 3.63) is 161 Å². The molecule has 1 aromatic heterocycles. The van der Waals surface area contributed by atoms with E-state index in [0.717, 1.165) is 22.3 Å². The van der Waals surface area contributed by atoms with Gasteiger partial charge in [0, 0.05) is 24.5 Å². The van der Waals surface area contributed by atoms with Gasteiger partial charge in [0.05, 0.1) is 18.7 Å². The van der Waals surface area contributed by atoms with Gasteiger partial charge >= 0.3 is 0 Å². The minimum Gasteiger partial charge on any atom is -0.507 e. The van der Waals surface area contributed by atoms with Gasteiger partial charge in [0.15, 0.2) is 11.5 Å². The predicted octanol–water partition coefficient (Wildman–Crippen LogP) is 7.18. The fourth-order valence-corrected chi connectivity index (χ4v) is 5.58. The zero-order valence-electron chi connectivity index (χ0n) is 26.1. The summed E-state index contributed by atoms with van der Waals surface area (Å²) >= 11 is 0. The smallest absolute Gasteiger partial charge is 0.295 e. The average Bonchev–Trinajstić information content (AvgIpc) is 3.36. The number of benzene rings is 4. The number of ether oxygens (including phenoxy) is 3. The Hall–Kier alpha value is -5.89. The number of ketones is 1. The molecular weight excluding hydrogens is 592 g/mol. The molecule has 1 aliphatic rings. The van der Waals surface area contributed by atoms with E-state index >= 15 is 0 Å². The lowest BCUT2D eigenvalue weighted by Crippen LogP contribution is -2.29. The monoisotopic (exact) mass is 626 g/mol. The van der Waals surface area contributed by atoms with Crippen LogP contribution in [0.2, 0.25) is 0 Å². The van der Waals surface area contributed by atoms with Crippen molar-refractivity contribution in [1.29, 1.82) is 0 Å². The number of methoxy groups -OCH3 is 1. The molecular formula is C39H34N2O6. The van der Waals surface area contributed by atoms with Gasteiger partial charge in [-0.3, -0.25) is 14.6 Å². The first kappa shape index (κ1) is 31.1. The Morgan fingerprint density at radius 3 is 2.23 bits per heavy atom. The summed E-state index contributed by atoms with van der Waals surface area (Å²) < 4.78 is 17.7. The Kier molecular flexibility index (Phi) is 9.29. The van der Waals surface area contributed by atoms with E-state index in [-0.39, 0.29) is 17.9 Å². The number of nitrogens with zero attached hydrogens (tertiary/aromatic N) is 2. The molecule has 0 bridgehead atoms. The first-order valence-electron chi connectivity index (χ1n) is 15.2. The van der Waals surface area contributed by atoms with Crippen molar-refractivity contribution in [3.8, 4) is 17.2 Å². The molecule has 0 radical (unpaired) electrons. The number of Topliss-reactive ketones (excluding diaryl/α,β-unsaturated/α-hetero) is 1. The fraction of sp³-hybridized carbons (Fsp3) is 0.154. The summed E-state index contributed by atoms with van der Waals surface area (Å²) in [7, 11) is 1.53. The summed E-state index contributed by atoms with van der Waals surface area (Å²) in [4.78, 5) is 32.7. The highest BCUT2D eigenvalue weighted by molar-refractivity contribution is 6.46. The minimum atomic E-state index is -0.891. The Labute approximate surface area is 273 Å². The van der Waals surface area contributed by atoms with Crippen LogP contribution < -0.4 is 14.2 Å². The number of hydrogen-bond donors (Lipinski definition) is 1. The highest BCUT2D eigenvalue weighted by Crippen LogP contribution is 2.43. The van der Waals surface area contributed by atoms with Crippen molar-refractivity contribution >= 4 is 17.4 Å². The molecule has 1 atom stereocenters. The van der Waals surface area contributed by atoms with Crippen LogP contribution in [0.1, 0.15) is 39.4 Å². The number of hydrogen-bond acceptors (Lipinski definition) is 7. The van der Waals surface area contributed by atoms with Crippen LogP contribution in [0.15, 0.2) is 127 Å². The molecule has 1 fully saturated rings. The summed E-state index contributed by atoms with van der Waals surface area (Å²) in [5.41, 5.74) is 4.94. The van der Waals surface area contributed by atoms with Crippen molar-refractivity contribution in [2.75, 3.05) is 7.11 Å². The standard InChI is InChI=1S/C39H34N2O6/c1-26-8-6-7-11-31(26)25-46-32-15-12-29(13-16-32)37(42)35-36(41(39(44)38(35)43)23-27-18-20-40-21-19-27)30-14-17-33(34(22-30)45-2)47-24-28-9-4-3-5-10-28/h3-22,36,42H,23-25H2,1-2H3. The van der Waals surface area contributed by atoms with Gasteiger partial charge in [0.1, 0.15) is 24.7 Å². The van der Waals surface area contributed by atoms with Crippen LogP contribution in [-0.4, -0.2) is 33.8 Å². The SMILES string of the molecule is COc1cc(C2C(=C(O)c3ccc(OCc4ccccc4C)cc3)C(=O)C(=O)N2Cc2ccncc2)ccc1OCc1ccccc1. The number of carbonyl (C=O) groups excluding carboxylic acids is 2. The first-order valence-corrected chi connectivity index (χ1v) is 15.2. The van der Waals surface area contributed by atoms with Crippen LogP contribution in [-0.2, 0) is 29.3 Å². The minimum absolute atomic E-state index is 0.0161. The predicted molar refractivity (Wildman–Crippen MR) is 178 cm³/mol. The van der Waals surface area contributed by atoms with Crippen LogP contribution in [0.3, 0.4) is 0 Å². The lowest BCUT2D eigenvalue weighted by Gasteiger charge is -2.26. The Bertz CT molecular complexity index is 1910. The second-order valence-electron chi connectivity index (χ2n) is 11.2. The molecule has 1 aliphatic heterocycles. The molecule has 1 amide bonds. The third kappa shape index (κ3) is 6.87. The summed E-state index contributed by atoms with van der Waals surface area (Å²) in [6.07, 6.45) is 3.26. The number of pyridine rings is 1. The van der Waals surface area contributed by atoms with Crippen molar-refractivity contribution < 1.29 is 28.9 Å². The number of carbonyl (C=O) groups is 2. The molecule has 236 valence electrons. The number of aryl methyl sites for hydroxylation is 1. The highest BCUT2D eigenvalue weighted by atomic mass is 16.5. The molecule has 1 saturated heterocycles. The molecule has 47 heavy (non-hydrogen) atoms. The van der Waals surface area contributed by atoms with Crippen LogP contribution in [0.4, 0.5) is 0 Å². The van der Waals surface area contributed by atoms with E-state index in [1.165, 1.54) is 12.0 Å². The second kappa shape index (κ2) is 14.0. The average molecular weight is 627 g/mol. The summed E-state index contributed by atoms with van der Waals surface area (Å²) in [6, 6.07) is 32.5. The maximum absolute atomic E-state index is 13.6. The number of likely N-dealkylation sites (tertiary alicyclic amines) is 1. The summed E-state index contributed by atoms with van der Waals surface area (Å²) in [6.45, 7) is 2.89. The molecule has 5 aromatic rings. The topological polar surface area (TPSA) is 98.2 Å². The molecule has 8 heteroatoms. The molecule has 0 aliphatic carbocycles. The van der Waals surface area contributed by atoms with Gasteiger partial charge in [0.2, 0.25) is 0 Å². The fourth-order valence-electron chi connectivity index (χ4n) is 5.58. The van der Waals surface area contributed by atoms with Gasteiger partial charge in [0.25, 0.3) is 11.7 Å². The van der Waals surface area contributed by atoms with Gasteiger partial charge < -0.3 is 24.2 Å². The van der Waals surface area contributed by atoms with E-state index in [9.17, 15) is 14.7 Å². The van der Waals surface area contributed by atoms with Gasteiger partial charge in [-0.1, -0.05) is 60.7 Å². The molecule has 6 rings (SSSR count). The van der Waals surface area contributed by atoms with E-state index < -0.39 is 17.7 Å². The second-order valence-corrected chi connectivity index (χ2v) is 11.2. The highest BCUT2D eigenvalue weighted by Gasteiger charge is 2.46. The lowest BCUT2D eigenvalue weighted by molar-refractivity contribution is -0.140. The zero-order chi connectivity index (χ0) is 32.8. The van der Waals surface area contributed by atoms with E-state index in [0.29, 0.717) is 41.6 Å². The van der Waals surface area contributed by atoms with E-state index in [2.05, 4.69) is 4.98 Å². The van der Waals surface area contributed by atoms with Crippen LogP contribution in [0.25, 0.3) is 5.76 Å². The third-order valence-corrected chi connectivity index (χ3v) is 8.17. The maximum Gasteiger partial charge on any atom is 0.295 e. The summed E-state index contributed by atoms with van der Waals surface area (Å²) in [5, 5.41) is 11.6. The van der Waals surface area contributed by atoms with Crippen LogP contribution >= 0.6 is 0 Å². The zero-order valence-corrected chi connectivity index (χ0v) is 26.1. The third-order valence-electron chi connectivity index (χ3n) is 8.17. The Balaban J connectivity index is 1.33.